The van der Waals surface area contributed by atoms with E-state index in [1.807, 2.05) is 0 Å². The highest BCUT2D eigenvalue weighted by Crippen LogP contribution is 2.19. The van der Waals surface area contributed by atoms with Gasteiger partial charge in [-0.05, 0) is 37.3 Å². The van der Waals surface area contributed by atoms with Gasteiger partial charge in [-0.2, -0.15) is 25.3 Å². The number of carbonyl (C=O) groups is 10. The zero-order chi connectivity index (χ0) is 49.3. The third-order valence-electron chi connectivity index (χ3n) is 9.85. The number of carboxylic acid groups (broad SMARTS) is 1. The lowest BCUT2D eigenvalue weighted by Crippen LogP contribution is -2.62. The number of aliphatic carboxylic acids is 1. The Morgan fingerprint density at radius 1 is 0.646 bits per heavy atom. The van der Waals surface area contributed by atoms with Crippen molar-refractivity contribution in [2.24, 2.45) is 23.3 Å². The lowest BCUT2D eigenvalue weighted by atomic mass is 10.0. The normalized spacial score (nSPS) is 15.4. The third-order valence-corrected chi connectivity index (χ3v) is 10.6. The number of hydrogen-bond acceptors (Lipinski definition) is 14. The van der Waals surface area contributed by atoms with E-state index in [4.69, 9.17) is 11.5 Å². The second kappa shape index (κ2) is 26.1. The molecule has 0 aliphatic heterocycles. The molecule has 15 N–H and O–H groups in total. The van der Waals surface area contributed by atoms with Gasteiger partial charge in [0.15, 0.2) is 0 Å². The molecule has 0 aliphatic rings. The minimum absolute atomic E-state index is 0.0111. The van der Waals surface area contributed by atoms with Gasteiger partial charge >= 0.3 is 5.97 Å². The van der Waals surface area contributed by atoms with Crippen molar-refractivity contribution in [1.82, 2.24) is 47.5 Å². The molecule has 0 saturated heterocycles. The molecule has 1 aromatic heterocycles. The second-order valence-electron chi connectivity index (χ2n) is 15.9. The first-order valence-electron chi connectivity index (χ1n) is 20.5. The van der Waals surface area contributed by atoms with Gasteiger partial charge in [-0.15, -0.1) is 0 Å². The largest absolute Gasteiger partial charge is 0.480 e. The molecule has 0 fully saturated rings. The first kappa shape index (κ1) is 55.2. The number of aromatic amines is 1. The summed E-state index contributed by atoms with van der Waals surface area (Å²) in [5, 5.41) is 39.9. The number of fused-ring (bicyclic) bond motifs is 1. The standard InChI is InChI=1S/C40H61N11O12S2/c1-17(2)30(49-29(54)14-44-35(57)26(12-28(42)53)46-33(55)19(5)45-34(56)23(41)15-64)38(60)48-27(16-65)37(59)47-25(11-21-13-43-24-10-8-7-9-22(21)24)36(58)51-32(20(6)52)39(61)50-31(18(3)4)40(62)63/h7-10,13,17-20,23,25-27,30-32,43,52,64-65H,11-12,14-16,41H2,1-6H3,(H2,42,53)(H,44,57)(H,45,56)(H,46,55)(H,47,59)(H,48,60)(H,49,54)(H,50,61)(H,51,58)(H,62,63)/t19-,20+,23-,25-,26-,27-,30-,31-,32-/m0/s1. The smallest absolute Gasteiger partial charge is 0.326 e. The van der Waals surface area contributed by atoms with E-state index < -0.39 is 138 Å². The molecule has 65 heavy (non-hydrogen) atoms. The van der Waals surface area contributed by atoms with Crippen molar-refractivity contribution >= 4 is 95.3 Å². The Morgan fingerprint density at radius 3 is 1.75 bits per heavy atom. The van der Waals surface area contributed by atoms with E-state index in [-0.39, 0.29) is 17.9 Å². The van der Waals surface area contributed by atoms with Gasteiger partial charge < -0.3 is 69.2 Å². The molecule has 0 spiro atoms. The van der Waals surface area contributed by atoms with E-state index in [0.29, 0.717) is 16.5 Å². The highest BCUT2D eigenvalue weighted by Gasteiger charge is 2.36. The number of carbonyl (C=O) groups excluding carboxylic acids is 9. The molecule has 0 unspecified atom stereocenters. The number of nitrogens with one attached hydrogen (secondary N) is 9. The van der Waals surface area contributed by atoms with Crippen LogP contribution in [0.1, 0.15) is 53.5 Å². The number of para-hydroxylation sites is 1. The van der Waals surface area contributed by atoms with E-state index in [1.54, 1.807) is 58.2 Å². The van der Waals surface area contributed by atoms with Gasteiger partial charge in [0, 0.05) is 35.0 Å². The SMILES string of the molecule is CC(C)[C@H](NC(=O)[C@@H](NC(=O)[C@H](Cc1c[nH]c2ccccc12)NC(=O)[C@H](CS)NC(=O)[C@@H](NC(=O)CNC(=O)[C@H](CC(N)=O)NC(=O)[C@H](C)NC(=O)[C@@H](N)CS)C(C)C)[C@@H](C)O)C(=O)O. The summed E-state index contributed by atoms with van der Waals surface area (Å²) >= 11 is 8.15. The predicted molar refractivity (Wildman–Crippen MR) is 243 cm³/mol. The average Bonchev–Trinajstić information content (AvgIpc) is 3.65. The monoisotopic (exact) mass is 951 g/mol. The summed E-state index contributed by atoms with van der Waals surface area (Å²) < 4.78 is 0. The van der Waals surface area contributed by atoms with Crippen molar-refractivity contribution in [3.05, 3.63) is 36.0 Å². The van der Waals surface area contributed by atoms with Gasteiger partial charge in [-0.3, -0.25) is 43.2 Å². The molecule has 0 saturated carbocycles. The van der Waals surface area contributed by atoms with E-state index in [0.717, 1.165) is 0 Å². The number of carboxylic acids is 1. The molecule has 1 heterocycles. The minimum atomic E-state index is -1.65. The number of hydrogen-bond donors (Lipinski definition) is 15. The Labute approximate surface area is 386 Å². The van der Waals surface area contributed by atoms with Crippen LogP contribution in [0.15, 0.2) is 30.5 Å². The van der Waals surface area contributed by atoms with E-state index >= 15 is 0 Å². The molecule has 360 valence electrons. The highest BCUT2D eigenvalue weighted by molar-refractivity contribution is 7.80. The van der Waals surface area contributed by atoms with Gasteiger partial charge in [-0.1, -0.05) is 45.9 Å². The molecular weight excluding hydrogens is 891 g/mol. The Kier molecular flexibility index (Phi) is 22.2. The van der Waals surface area contributed by atoms with Crippen LogP contribution in [0.5, 0.6) is 0 Å². The molecule has 9 atom stereocenters. The van der Waals surface area contributed by atoms with Crippen molar-refractivity contribution in [3.8, 4) is 0 Å². The van der Waals surface area contributed by atoms with E-state index in [2.05, 4.69) is 72.8 Å². The summed E-state index contributed by atoms with van der Waals surface area (Å²) in [6.45, 7) is 8.04. The predicted octanol–water partition coefficient (Wildman–Crippen LogP) is -3.92. The summed E-state index contributed by atoms with van der Waals surface area (Å²) in [4.78, 5) is 132. The van der Waals surface area contributed by atoms with Gasteiger partial charge in [0.1, 0.15) is 42.3 Å². The van der Waals surface area contributed by atoms with Crippen LogP contribution in [0.3, 0.4) is 0 Å². The highest BCUT2D eigenvalue weighted by atomic mass is 32.1. The van der Waals surface area contributed by atoms with Crippen molar-refractivity contribution in [2.75, 3.05) is 18.1 Å². The number of nitrogens with two attached hydrogens (primary N) is 2. The first-order chi connectivity index (χ1) is 30.4. The Hall–Kier alpha value is -5.92. The fourth-order valence-corrected chi connectivity index (χ4v) is 6.52. The molecule has 9 amide bonds. The van der Waals surface area contributed by atoms with Crippen LogP contribution in [-0.2, 0) is 54.4 Å². The molecule has 0 bridgehead atoms. The van der Waals surface area contributed by atoms with Crippen LogP contribution in [0.2, 0.25) is 0 Å². The summed E-state index contributed by atoms with van der Waals surface area (Å²) in [6.07, 6.45) is -0.729. The maximum Gasteiger partial charge on any atom is 0.326 e. The summed E-state index contributed by atoms with van der Waals surface area (Å²) in [6, 6.07) is -3.83. The maximum atomic E-state index is 13.9. The molecule has 2 aromatic rings. The van der Waals surface area contributed by atoms with Crippen LogP contribution < -0.4 is 54.0 Å². The van der Waals surface area contributed by atoms with E-state index in [1.165, 1.54) is 13.8 Å². The summed E-state index contributed by atoms with van der Waals surface area (Å²) in [7, 11) is 0. The van der Waals surface area contributed by atoms with Crippen LogP contribution in [0.25, 0.3) is 10.9 Å². The zero-order valence-corrected chi connectivity index (χ0v) is 38.6. The van der Waals surface area contributed by atoms with Crippen LogP contribution in [0, 0.1) is 11.8 Å². The average molecular weight is 952 g/mol. The number of amides is 9. The van der Waals surface area contributed by atoms with Crippen LogP contribution >= 0.6 is 25.3 Å². The maximum absolute atomic E-state index is 13.9. The van der Waals surface area contributed by atoms with Gasteiger partial charge in [0.2, 0.25) is 53.2 Å². The zero-order valence-electron chi connectivity index (χ0n) is 36.8. The Morgan fingerprint density at radius 2 is 1.20 bits per heavy atom. The van der Waals surface area contributed by atoms with Crippen LogP contribution in [0.4, 0.5) is 0 Å². The summed E-state index contributed by atoms with van der Waals surface area (Å²) in [5.41, 5.74) is 12.1. The number of aromatic nitrogens is 1. The number of thiol groups is 2. The van der Waals surface area contributed by atoms with E-state index in [9.17, 15) is 58.2 Å². The molecule has 1 aromatic carbocycles. The quantitative estimate of drug-likeness (QED) is 0.0402. The number of H-pyrrole nitrogens is 1. The number of rotatable bonds is 26. The lowest BCUT2D eigenvalue weighted by Gasteiger charge is -2.28. The Balaban J connectivity index is 2.24. The van der Waals surface area contributed by atoms with Crippen molar-refractivity contribution in [1.29, 1.82) is 0 Å². The fraction of sp³-hybridized carbons (Fsp3) is 0.550. The van der Waals surface area contributed by atoms with Crippen LogP contribution in [-0.4, -0.2) is 147 Å². The lowest BCUT2D eigenvalue weighted by molar-refractivity contribution is -0.144. The Bertz CT molecular complexity index is 2050. The fourth-order valence-electron chi connectivity index (χ4n) is 6.10. The first-order valence-corrected chi connectivity index (χ1v) is 21.8. The molecule has 0 radical (unpaired) electrons. The van der Waals surface area contributed by atoms with Gasteiger partial charge in [-0.25, -0.2) is 4.79 Å². The number of aliphatic hydroxyl groups excluding tert-OH is 1. The third kappa shape index (κ3) is 17.2. The molecule has 25 heteroatoms. The molecule has 2 rings (SSSR count). The summed E-state index contributed by atoms with van der Waals surface area (Å²) in [5.74, 6) is -10.9. The van der Waals surface area contributed by atoms with Crippen molar-refractivity contribution in [3.63, 3.8) is 0 Å². The van der Waals surface area contributed by atoms with Gasteiger partial charge in [0.05, 0.1) is 25.1 Å². The van der Waals surface area contributed by atoms with Crippen molar-refractivity contribution in [2.45, 2.75) is 109 Å². The second-order valence-corrected chi connectivity index (χ2v) is 16.7. The molecule has 0 aliphatic carbocycles. The molecule has 23 nitrogen and oxygen atoms in total. The number of primary amides is 1. The molecular formula is C40H61N11O12S2. The number of aliphatic hydroxyl groups is 1. The minimum Gasteiger partial charge on any atom is -0.480 e. The topological polar surface area (TPSA) is 375 Å². The number of benzene rings is 1. The van der Waals surface area contributed by atoms with Crippen molar-refractivity contribution < 1.29 is 58.2 Å². The van der Waals surface area contributed by atoms with Gasteiger partial charge in [0.25, 0.3) is 0 Å².